The highest BCUT2D eigenvalue weighted by Crippen LogP contribution is 2.23. The van der Waals surface area contributed by atoms with E-state index >= 15 is 0 Å². The molecule has 2 atom stereocenters. The smallest absolute Gasteiger partial charge is 0.147 e. The van der Waals surface area contributed by atoms with Crippen LogP contribution in [0.1, 0.15) is 27.2 Å². The van der Waals surface area contributed by atoms with Crippen molar-refractivity contribution in [2.24, 2.45) is 5.92 Å². The quantitative estimate of drug-likeness (QED) is 0.837. The maximum atomic E-state index is 5.26. The molecule has 0 amide bonds. The fraction of sp³-hybridized carbons (Fsp3) is 0.600. The summed E-state index contributed by atoms with van der Waals surface area (Å²) in [6.45, 7) is 8.41. The summed E-state index contributed by atoms with van der Waals surface area (Å²) in [5.74, 6) is 1.67. The second kappa shape index (κ2) is 6.21. The predicted octanol–water partition coefficient (Wildman–Crippen LogP) is 3.09. The van der Waals surface area contributed by atoms with Crippen LogP contribution in [0.5, 0.6) is 5.75 Å². The molecule has 2 unspecified atom stereocenters. The van der Waals surface area contributed by atoms with Gasteiger partial charge in [0.1, 0.15) is 12.5 Å². The van der Waals surface area contributed by atoms with E-state index in [1.165, 1.54) is 10.4 Å². The maximum absolute atomic E-state index is 5.26. The molecule has 0 aromatic rings. The zero-order valence-electron chi connectivity index (χ0n) is 11.4. The van der Waals surface area contributed by atoms with E-state index in [-0.39, 0.29) is 0 Å². The Bertz CT molecular complexity index is 469. The van der Waals surface area contributed by atoms with Gasteiger partial charge in [-0.1, -0.05) is 19.1 Å². The molecule has 1 saturated heterocycles. The molecule has 0 N–H and O–H groups in total. The van der Waals surface area contributed by atoms with Gasteiger partial charge in [-0.15, -0.1) is 0 Å². The van der Waals surface area contributed by atoms with Crippen LogP contribution in [0.2, 0.25) is 0 Å². The zero-order chi connectivity index (χ0) is 13.0. The van der Waals surface area contributed by atoms with Crippen molar-refractivity contribution in [3.63, 3.8) is 0 Å². The summed E-state index contributed by atoms with van der Waals surface area (Å²) in [7, 11) is 0. The Balaban J connectivity index is 0.000000134. The molecule has 3 rings (SSSR count). The highest BCUT2D eigenvalue weighted by molar-refractivity contribution is 5.38. The highest BCUT2D eigenvalue weighted by atomic mass is 16.7. The van der Waals surface area contributed by atoms with E-state index in [9.17, 15) is 0 Å². The lowest BCUT2D eigenvalue weighted by atomic mass is 10.0. The van der Waals surface area contributed by atoms with Crippen molar-refractivity contribution in [2.45, 2.75) is 33.3 Å². The summed E-state index contributed by atoms with van der Waals surface area (Å²) in [4.78, 5) is 0. The van der Waals surface area contributed by atoms with Gasteiger partial charge < -0.3 is 14.2 Å². The van der Waals surface area contributed by atoms with E-state index in [1.807, 2.05) is 6.92 Å². The molecule has 0 bridgehead atoms. The van der Waals surface area contributed by atoms with Gasteiger partial charge in [0.15, 0.2) is 0 Å². The van der Waals surface area contributed by atoms with Crippen molar-refractivity contribution < 1.29 is 14.2 Å². The molecule has 1 aliphatic heterocycles. The summed E-state index contributed by atoms with van der Waals surface area (Å²) in [6, 6.07) is 6.25. The highest BCUT2D eigenvalue weighted by Gasteiger charge is 2.19. The monoisotopic (exact) mass is 250 g/mol. The molecule has 2 aliphatic carbocycles. The van der Waals surface area contributed by atoms with Crippen molar-refractivity contribution in [3.05, 3.63) is 28.6 Å². The predicted molar refractivity (Wildman–Crippen MR) is 70.4 cm³/mol. The van der Waals surface area contributed by atoms with Crippen LogP contribution in [-0.4, -0.2) is 26.1 Å². The largest absolute Gasteiger partial charge is 0.493 e. The van der Waals surface area contributed by atoms with Crippen LogP contribution in [0, 0.1) is 16.4 Å². The Kier molecular flexibility index (Phi) is 4.61. The SMILES string of the molecule is CCC1COCOC1C.CCOc1cc2ccc1=2. The van der Waals surface area contributed by atoms with Gasteiger partial charge in [-0.25, -0.2) is 0 Å². The van der Waals surface area contributed by atoms with Crippen molar-refractivity contribution in [1.82, 2.24) is 0 Å². The topological polar surface area (TPSA) is 27.7 Å². The van der Waals surface area contributed by atoms with Crippen molar-refractivity contribution >= 4 is 0 Å². The first-order valence-electron chi connectivity index (χ1n) is 6.72. The first kappa shape index (κ1) is 13.4. The third-order valence-corrected chi connectivity index (χ3v) is 3.53. The first-order chi connectivity index (χ1) is 8.76. The molecule has 0 aromatic carbocycles. The second-order valence-electron chi connectivity index (χ2n) is 4.67. The lowest BCUT2D eigenvalue weighted by Crippen LogP contribution is -2.31. The minimum absolute atomic E-state index is 0.392. The van der Waals surface area contributed by atoms with Crippen LogP contribution in [-0.2, 0) is 9.47 Å². The third-order valence-electron chi connectivity index (χ3n) is 3.53. The average molecular weight is 250 g/mol. The Hall–Kier alpha value is -1.06. The minimum atomic E-state index is 0.392. The minimum Gasteiger partial charge on any atom is -0.493 e. The van der Waals surface area contributed by atoms with Gasteiger partial charge in [0, 0.05) is 11.1 Å². The molecule has 3 heteroatoms. The number of rotatable bonds is 3. The van der Waals surface area contributed by atoms with E-state index in [0.29, 0.717) is 18.8 Å². The summed E-state index contributed by atoms with van der Waals surface area (Å²) in [5.41, 5.74) is 0. The van der Waals surface area contributed by atoms with Gasteiger partial charge in [0.05, 0.1) is 19.3 Å². The Labute approximate surface area is 108 Å². The summed E-state index contributed by atoms with van der Waals surface area (Å²) in [6.07, 6.45) is 1.55. The summed E-state index contributed by atoms with van der Waals surface area (Å²) >= 11 is 0. The molecule has 0 spiro atoms. The molecule has 0 saturated carbocycles. The fourth-order valence-electron chi connectivity index (χ4n) is 2.11. The molecule has 1 heterocycles. The molecule has 0 radical (unpaired) electrons. The zero-order valence-corrected chi connectivity index (χ0v) is 11.4. The van der Waals surface area contributed by atoms with E-state index < -0.39 is 0 Å². The van der Waals surface area contributed by atoms with Crippen LogP contribution >= 0.6 is 0 Å². The fourth-order valence-corrected chi connectivity index (χ4v) is 2.11. The second-order valence-corrected chi connectivity index (χ2v) is 4.67. The third kappa shape index (κ3) is 2.85. The number of ether oxygens (including phenoxy) is 3. The van der Waals surface area contributed by atoms with Crippen LogP contribution in [0.3, 0.4) is 0 Å². The van der Waals surface area contributed by atoms with Crippen molar-refractivity contribution in [2.75, 3.05) is 20.0 Å². The molecular weight excluding hydrogens is 228 g/mol. The normalized spacial score (nSPS) is 23.9. The van der Waals surface area contributed by atoms with E-state index in [2.05, 4.69) is 32.0 Å². The van der Waals surface area contributed by atoms with Gasteiger partial charge >= 0.3 is 0 Å². The lowest BCUT2D eigenvalue weighted by molar-refractivity contribution is -0.163. The number of hydrogen-bond acceptors (Lipinski definition) is 3. The van der Waals surface area contributed by atoms with Gasteiger partial charge in [-0.2, -0.15) is 0 Å². The van der Waals surface area contributed by atoms with Crippen molar-refractivity contribution in [3.8, 4) is 5.75 Å². The molecular formula is C15H22O3. The Morgan fingerprint density at radius 3 is 2.56 bits per heavy atom. The average Bonchev–Trinajstić information content (AvgIpc) is 2.36. The number of benzene rings is 1. The molecule has 18 heavy (non-hydrogen) atoms. The molecule has 3 aliphatic rings. The lowest BCUT2D eigenvalue weighted by Gasteiger charge is -2.27. The molecule has 1 fully saturated rings. The number of hydrogen-bond donors (Lipinski definition) is 0. The van der Waals surface area contributed by atoms with Crippen LogP contribution in [0.4, 0.5) is 0 Å². The Morgan fingerprint density at radius 2 is 2.17 bits per heavy atom. The van der Waals surface area contributed by atoms with Gasteiger partial charge in [0.2, 0.25) is 0 Å². The van der Waals surface area contributed by atoms with E-state index in [4.69, 9.17) is 14.2 Å². The van der Waals surface area contributed by atoms with Gasteiger partial charge in [-0.05, 0) is 31.6 Å². The standard InChI is InChI=1S/C8H8O.C7H14O2/c1-2-9-8-5-6-3-4-7(6)8;1-3-7-4-8-5-9-6(7)2/h3-5H,2H2,1H3;6-7H,3-5H2,1-2H3. The van der Waals surface area contributed by atoms with Crippen LogP contribution < -0.4 is 4.74 Å². The van der Waals surface area contributed by atoms with Crippen molar-refractivity contribution in [1.29, 1.82) is 0 Å². The van der Waals surface area contributed by atoms with E-state index in [1.54, 1.807) is 0 Å². The summed E-state index contributed by atoms with van der Waals surface area (Å²) in [5, 5.41) is 2.65. The van der Waals surface area contributed by atoms with E-state index in [0.717, 1.165) is 25.4 Å². The molecule has 3 nitrogen and oxygen atoms in total. The van der Waals surface area contributed by atoms with Crippen LogP contribution in [0.15, 0.2) is 18.2 Å². The summed E-state index contributed by atoms with van der Waals surface area (Å²) < 4.78 is 15.6. The first-order valence-corrected chi connectivity index (χ1v) is 6.72. The molecule has 0 aromatic heterocycles. The maximum Gasteiger partial charge on any atom is 0.147 e. The molecule has 100 valence electrons. The van der Waals surface area contributed by atoms with Gasteiger partial charge in [-0.3, -0.25) is 0 Å². The van der Waals surface area contributed by atoms with Gasteiger partial charge in [0.25, 0.3) is 0 Å². The Morgan fingerprint density at radius 1 is 1.33 bits per heavy atom. The van der Waals surface area contributed by atoms with Crippen LogP contribution in [0.25, 0.3) is 0 Å².